The smallest absolute Gasteiger partial charge is 0.325 e. The Labute approximate surface area is 106 Å². The van der Waals surface area contributed by atoms with Crippen LogP contribution in [0.2, 0.25) is 0 Å². The van der Waals surface area contributed by atoms with Crippen molar-refractivity contribution < 1.29 is 19.1 Å². The number of nitrogens with one attached hydrogen (secondary N) is 2. The van der Waals surface area contributed by atoms with E-state index in [1.165, 1.54) is 7.11 Å². The van der Waals surface area contributed by atoms with E-state index in [2.05, 4.69) is 15.4 Å². The largest absolute Gasteiger partial charge is 0.468 e. The fourth-order valence-electron chi connectivity index (χ4n) is 1.96. The molecule has 1 fully saturated rings. The lowest BCUT2D eigenvalue weighted by atomic mass is 10.1. The first-order valence-corrected chi connectivity index (χ1v) is 6.24. The Morgan fingerprint density at radius 3 is 2.44 bits per heavy atom. The van der Waals surface area contributed by atoms with E-state index in [4.69, 9.17) is 0 Å². The Balaban J connectivity index is 2.07. The summed E-state index contributed by atoms with van der Waals surface area (Å²) in [6.45, 7) is 0.175. The van der Waals surface area contributed by atoms with Gasteiger partial charge in [-0.15, -0.1) is 0 Å². The molecule has 102 valence electrons. The van der Waals surface area contributed by atoms with Gasteiger partial charge in [0.15, 0.2) is 0 Å². The SMILES string of the molecule is COC(=O)CNC(=O)CCNC(=O)C1CCCC1. The fourth-order valence-corrected chi connectivity index (χ4v) is 1.96. The zero-order valence-corrected chi connectivity index (χ0v) is 10.7. The molecule has 6 nitrogen and oxygen atoms in total. The molecule has 0 bridgehead atoms. The Morgan fingerprint density at radius 2 is 1.83 bits per heavy atom. The van der Waals surface area contributed by atoms with E-state index in [9.17, 15) is 14.4 Å². The highest BCUT2D eigenvalue weighted by atomic mass is 16.5. The second-order valence-electron chi connectivity index (χ2n) is 4.38. The molecular formula is C12H20N2O4. The van der Waals surface area contributed by atoms with Gasteiger partial charge >= 0.3 is 5.97 Å². The van der Waals surface area contributed by atoms with Gasteiger partial charge in [0, 0.05) is 18.9 Å². The number of hydrogen-bond donors (Lipinski definition) is 2. The van der Waals surface area contributed by atoms with Crippen LogP contribution >= 0.6 is 0 Å². The number of amides is 2. The summed E-state index contributed by atoms with van der Waals surface area (Å²) in [7, 11) is 1.26. The lowest BCUT2D eigenvalue weighted by Gasteiger charge is -2.10. The molecular weight excluding hydrogens is 236 g/mol. The van der Waals surface area contributed by atoms with Crippen LogP contribution in [0.3, 0.4) is 0 Å². The van der Waals surface area contributed by atoms with Gasteiger partial charge < -0.3 is 15.4 Å². The van der Waals surface area contributed by atoms with Crippen molar-refractivity contribution in [3.05, 3.63) is 0 Å². The molecule has 0 atom stereocenters. The molecule has 0 unspecified atom stereocenters. The zero-order chi connectivity index (χ0) is 13.4. The van der Waals surface area contributed by atoms with Crippen molar-refractivity contribution in [2.75, 3.05) is 20.2 Å². The minimum Gasteiger partial charge on any atom is -0.468 e. The maximum Gasteiger partial charge on any atom is 0.325 e. The lowest BCUT2D eigenvalue weighted by Crippen LogP contribution is -2.35. The summed E-state index contributed by atoms with van der Waals surface area (Å²) >= 11 is 0. The predicted molar refractivity (Wildman–Crippen MR) is 64.6 cm³/mol. The zero-order valence-electron chi connectivity index (χ0n) is 10.7. The van der Waals surface area contributed by atoms with Gasteiger partial charge in [-0.25, -0.2) is 0 Å². The average molecular weight is 256 g/mol. The van der Waals surface area contributed by atoms with Crippen LogP contribution in [0.1, 0.15) is 32.1 Å². The molecule has 0 saturated heterocycles. The molecule has 0 spiro atoms. The lowest BCUT2D eigenvalue weighted by molar-refractivity contribution is -0.141. The molecule has 0 aromatic rings. The molecule has 1 rings (SSSR count). The van der Waals surface area contributed by atoms with Gasteiger partial charge in [0.2, 0.25) is 11.8 Å². The maximum absolute atomic E-state index is 11.6. The van der Waals surface area contributed by atoms with E-state index < -0.39 is 5.97 Å². The molecule has 0 radical (unpaired) electrons. The number of esters is 1. The Bertz CT molecular complexity index is 311. The number of rotatable bonds is 6. The summed E-state index contributed by atoms with van der Waals surface area (Å²) in [6.07, 6.45) is 4.28. The van der Waals surface area contributed by atoms with Crippen LogP contribution in [0.25, 0.3) is 0 Å². The van der Waals surface area contributed by atoms with Gasteiger partial charge in [-0.1, -0.05) is 12.8 Å². The van der Waals surface area contributed by atoms with Crippen molar-refractivity contribution in [1.82, 2.24) is 10.6 Å². The van der Waals surface area contributed by atoms with Gasteiger partial charge in [0.05, 0.1) is 7.11 Å². The average Bonchev–Trinajstić information content (AvgIpc) is 2.89. The Hall–Kier alpha value is -1.59. The van der Waals surface area contributed by atoms with Crippen molar-refractivity contribution >= 4 is 17.8 Å². The predicted octanol–water partition coefficient (Wildman–Crippen LogP) is -0.0279. The van der Waals surface area contributed by atoms with E-state index in [0.29, 0.717) is 6.54 Å². The first-order valence-electron chi connectivity index (χ1n) is 6.24. The topological polar surface area (TPSA) is 84.5 Å². The first kappa shape index (κ1) is 14.5. The van der Waals surface area contributed by atoms with Crippen molar-refractivity contribution in [3.63, 3.8) is 0 Å². The summed E-state index contributed by atoms with van der Waals surface area (Å²) in [6, 6.07) is 0. The molecule has 18 heavy (non-hydrogen) atoms. The van der Waals surface area contributed by atoms with Gasteiger partial charge in [-0.3, -0.25) is 14.4 Å². The third-order valence-corrected chi connectivity index (χ3v) is 3.03. The number of hydrogen-bond acceptors (Lipinski definition) is 4. The van der Waals surface area contributed by atoms with Crippen LogP contribution < -0.4 is 10.6 Å². The minimum atomic E-state index is -0.488. The van der Waals surface area contributed by atoms with Crippen LogP contribution in [-0.2, 0) is 19.1 Å². The first-order chi connectivity index (χ1) is 8.63. The van der Waals surface area contributed by atoms with Crippen molar-refractivity contribution in [2.24, 2.45) is 5.92 Å². The molecule has 1 saturated carbocycles. The standard InChI is InChI=1S/C12H20N2O4/c1-18-11(16)8-14-10(15)6-7-13-12(17)9-4-2-3-5-9/h9H,2-8H2,1H3,(H,13,17)(H,14,15). The maximum atomic E-state index is 11.6. The highest BCUT2D eigenvalue weighted by molar-refractivity contribution is 5.83. The second-order valence-corrected chi connectivity index (χ2v) is 4.38. The van der Waals surface area contributed by atoms with E-state index in [0.717, 1.165) is 25.7 Å². The van der Waals surface area contributed by atoms with E-state index in [1.54, 1.807) is 0 Å². The highest BCUT2D eigenvalue weighted by Crippen LogP contribution is 2.24. The highest BCUT2D eigenvalue weighted by Gasteiger charge is 2.22. The number of carbonyl (C=O) groups is 3. The minimum absolute atomic E-state index is 0.0354. The summed E-state index contributed by atoms with van der Waals surface area (Å²) in [5.74, 6) is -0.609. The van der Waals surface area contributed by atoms with Crippen LogP contribution in [0.4, 0.5) is 0 Å². The summed E-state index contributed by atoms with van der Waals surface area (Å²) in [5, 5.41) is 5.15. The second kappa shape index (κ2) is 7.68. The van der Waals surface area contributed by atoms with Crippen molar-refractivity contribution in [3.8, 4) is 0 Å². The van der Waals surface area contributed by atoms with E-state index in [1.807, 2.05) is 0 Å². The Morgan fingerprint density at radius 1 is 1.17 bits per heavy atom. The molecule has 0 aliphatic heterocycles. The van der Waals surface area contributed by atoms with Gasteiger partial charge in [-0.05, 0) is 12.8 Å². The normalized spacial score (nSPS) is 15.2. The monoisotopic (exact) mass is 256 g/mol. The molecule has 0 aromatic carbocycles. The van der Waals surface area contributed by atoms with Gasteiger partial charge in [-0.2, -0.15) is 0 Å². The van der Waals surface area contributed by atoms with Gasteiger partial charge in [0.25, 0.3) is 0 Å². The van der Waals surface area contributed by atoms with Crippen LogP contribution in [0, 0.1) is 5.92 Å². The van der Waals surface area contributed by atoms with Crippen LogP contribution in [0.15, 0.2) is 0 Å². The fraction of sp³-hybridized carbons (Fsp3) is 0.750. The quantitative estimate of drug-likeness (QED) is 0.654. The summed E-state index contributed by atoms with van der Waals surface area (Å²) in [4.78, 5) is 33.7. The summed E-state index contributed by atoms with van der Waals surface area (Å²) < 4.78 is 4.39. The molecule has 1 aliphatic rings. The number of methoxy groups -OCH3 is 1. The van der Waals surface area contributed by atoms with Crippen molar-refractivity contribution in [1.29, 1.82) is 0 Å². The van der Waals surface area contributed by atoms with Crippen LogP contribution in [0.5, 0.6) is 0 Å². The third kappa shape index (κ3) is 5.16. The van der Waals surface area contributed by atoms with Gasteiger partial charge in [0.1, 0.15) is 6.54 Å². The van der Waals surface area contributed by atoms with Crippen molar-refractivity contribution in [2.45, 2.75) is 32.1 Å². The summed E-state index contributed by atoms with van der Waals surface area (Å²) in [5.41, 5.74) is 0. The van der Waals surface area contributed by atoms with E-state index >= 15 is 0 Å². The number of carbonyl (C=O) groups excluding carboxylic acids is 3. The molecule has 2 N–H and O–H groups in total. The molecule has 1 aliphatic carbocycles. The molecule has 2 amide bonds. The van der Waals surface area contributed by atoms with E-state index in [-0.39, 0.29) is 30.7 Å². The third-order valence-electron chi connectivity index (χ3n) is 3.03. The molecule has 0 aromatic heterocycles. The molecule has 0 heterocycles. The number of ether oxygens (including phenoxy) is 1. The van der Waals surface area contributed by atoms with Crippen LogP contribution in [-0.4, -0.2) is 38.0 Å². The Kier molecular flexibility index (Phi) is 6.18. The molecule has 6 heteroatoms.